The maximum atomic E-state index is 5.81. The molecule has 0 aromatic heterocycles. The van der Waals surface area contributed by atoms with Gasteiger partial charge in [-0.25, -0.2) is 0 Å². The average Bonchev–Trinajstić information content (AvgIpc) is 2.42. The van der Waals surface area contributed by atoms with Gasteiger partial charge in [-0.1, -0.05) is 18.2 Å². The van der Waals surface area contributed by atoms with Crippen molar-refractivity contribution in [2.45, 2.75) is 32.4 Å². The molecule has 1 aromatic rings. The van der Waals surface area contributed by atoms with E-state index in [-0.39, 0.29) is 0 Å². The van der Waals surface area contributed by atoms with E-state index in [1.54, 1.807) is 0 Å². The van der Waals surface area contributed by atoms with Crippen LogP contribution >= 0.6 is 0 Å². The molecule has 0 spiro atoms. The first-order valence-corrected chi connectivity index (χ1v) is 6.65. The highest BCUT2D eigenvalue weighted by atomic mass is 14.6. The van der Waals surface area contributed by atoms with Crippen LogP contribution in [0.15, 0.2) is 18.2 Å². The summed E-state index contributed by atoms with van der Waals surface area (Å²) in [6, 6.07) is 6.38. The highest BCUT2D eigenvalue weighted by Gasteiger charge is 2.09. The summed E-state index contributed by atoms with van der Waals surface area (Å²) < 4.78 is 0. The molecule has 4 heteroatoms. The van der Waals surface area contributed by atoms with Gasteiger partial charge in [0.15, 0.2) is 0 Å². The molecule has 0 fully saturated rings. The number of rotatable bonds is 8. The van der Waals surface area contributed by atoms with E-state index in [1.165, 1.54) is 5.56 Å². The van der Waals surface area contributed by atoms with Crippen LogP contribution < -0.4 is 22.9 Å². The number of nitrogens with two attached hydrogens (primary N) is 4. The number of hydrogen-bond donors (Lipinski definition) is 4. The van der Waals surface area contributed by atoms with E-state index < -0.39 is 0 Å². The van der Waals surface area contributed by atoms with Crippen LogP contribution in [-0.4, -0.2) is 13.1 Å². The van der Waals surface area contributed by atoms with Gasteiger partial charge in [-0.2, -0.15) is 0 Å². The molecule has 0 aliphatic carbocycles. The van der Waals surface area contributed by atoms with Gasteiger partial charge < -0.3 is 22.9 Å². The zero-order valence-electron chi connectivity index (χ0n) is 11.1. The molecule has 4 nitrogen and oxygen atoms in total. The first kappa shape index (κ1) is 15.1. The molecule has 1 unspecified atom stereocenters. The summed E-state index contributed by atoms with van der Waals surface area (Å²) in [4.78, 5) is 0. The molecule has 102 valence electrons. The molecule has 1 rings (SSSR count). The Kier molecular flexibility index (Phi) is 6.90. The number of hydrogen-bond acceptors (Lipinski definition) is 4. The molecule has 0 radical (unpaired) electrons. The first-order valence-electron chi connectivity index (χ1n) is 6.65. The van der Waals surface area contributed by atoms with Crippen LogP contribution in [0.1, 0.15) is 29.5 Å². The summed E-state index contributed by atoms with van der Waals surface area (Å²) in [5, 5.41) is 0. The second kappa shape index (κ2) is 8.21. The Balaban J connectivity index is 2.74. The van der Waals surface area contributed by atoms with Crippen molar-refractivity contribution in [3.8, 4) is 0 Å². The second-order valence-corrected chi connectivity index (χ2v) is 4.80. The lowest BCUT2D eigenvalue weighted by molar-refractivity contribution is 0.479. The van der Waals surface area contributed by atoms with E-state index in [0.29, 0.717) is 25.6 Å². The third-order valence-electron chi connectivity index (χ3n) is 3.26. The molecular formula is C14H26N4. The molecule has 0 bridgehead atoms. The minimum Gasteiger partial charge on any atom is -0.330 e. The second-order valence-electron chi connectivity index (χ2n) is 4.80. The van der Waals surface area contributed by atoms with Gasteiger partial charge in [-0.15, -0.1) is 0 Å². The zero-order valence-corrected chi connectivity index (χ0v) is 11.1. The third kappa shape index (κ3) is 4.74. The Morgan fingerprint density at radius 1 is 0.833 bits per heavy atom. The van der Waals surface area contributed by atoms with Gasteiger partial charge in [0.25, 0.3) is 0 Å². The predicted molar refractivity (Wildman–Crippen MR) is 76.8 cm³/mol. The highest BCUT2D eigenvalue weighted by Crippen LogP contribution is 2.16. The zero-order chi connectivity index (χ0) is 13.4. The molecule has 0 saturated carbocycles. The Morgan fingerprint density at radius 2 is 1.39 bits per heavy atom. The fraction of sp³-hybridized carbons (Fsp3) is 0.571. The van der Waals surface area contributed by atoms with Gasteiger partial charge >= 0.3 is 0 Å². The summed E-state index contributed by atoms with van der Waals surface area (Å²) in [5.41, 5.74) is 26.3. The van der Waals surface area contributed by atoms with Gasteiger partial charge in [0.1, 0.15) is 0 Å². The van der Waals surface area contributed by atoms with Crippen LogP contribution in [0.2, 0.25) is 0 Å². The Hall–Kier alpha value is -0.940. The Morgan fingerprint density at radius 3 is 1.83 bits per heavy atom. The van der Waals surface area contributed by atoms with Gasteiger partial charge in [0.05, 0.1) is 0 Å². The van der Waals surface area contributed by atoms with Crippen LogP contribution in [0.4, 0.5) is 0 Å². The normalized spacial score (nSPS) is 12.7. The SMILES string of the molecule is NCCCC(CN)Cc1cc(CN)cc(CN)c1. The minimum atomic E-state index is 0.493. The smallest absolute Gasteiger partial charge is 0.0178 e. The van der Waals surface area contributed by atoms with Crippen molar-refractivity contribution < 1.29 is 0 Å². The summed E-state index contributed by atoms with van der Waals surface area (Å²) in [6.07, 6.45) is 3.09. The van der Waals surface area contributed by atoms with Gasteiger partial charge in [0, 0.05) is 13.1 Å². The van der Waals surface area contributed by atoms with E-state index in [9.17, 15) is 0 Å². The molecule has 0 aliphatic rings. The molecule has 0 saturated heterocycles. The average molecular weight is 250 g/mol. The van der Waals surface area contributed by atoms with Crippen LogP contribution in [0, 0.1) is 5.92 Å². The van der Waals surface area contributed by atoms with Crippen molar-refractivity contribution in [3.05, 3.63) is 34.9 Å². The molecule has 1 atom stereocenters. The van der Waals surface area contributed by atoms with E-state index >= 15 is 0 Å². The van der Waals surface area contributed by atoms with Crippen molar-refractivity contribution in [1.29, 1.82) is 0 Å². The summed E-state index contributed by atoms with van der Waals surface area (Å²) >= 11 is 0. The van der Waals surface area contributed by atoms with Crippen molar-refractivity contribution in [3.63, 3.8) is 0 Å². The largest absolute Gasteiger partial charge is 0.330 e. The lowest BCUT2D eigenvalue weighted by Crippen LogP contribution is -2.18. The van der Waals surface area contributed by atoms with Gasteiger partial charge in [-0.05, 0) is 55.0 Å². The highest BCUT2D eigenvalue weighted by molar-refractivity contribution is 5.30. The van der Waals surface area contributed by atoms with E-state index in [0.717, 1.165) is 36.9 Å². The summed E-state index contributed by atoms with van der Waals surface area (Å²) in [6.45, 7) is 2.53. The van der Waals surface area contributed by atoms with Crippen LogP contribution in [-0.2, 0) is 19.5 Å². The Bertz CT molecular complexity index is 329. The molecule has 8 N–H and O–H groups in total. The molecule has 0 aliphatic heterocycles. The molecular weight excluding hydrogens is 224 g/mol. The molecule has 0 amide bonds. The minimum absolute atomic E-state index is 0.493. The van der Waals surface area contributed by atoms with Crippen molar-refractivity contribution in [2.24, 2.45) is 28.9 Å². The summed E-state index contributed by atoms with van der Waals surface area (Å²) in [5.74, 6) is 0.493. The molecule has 1 aromatic carbocycles. The number of benzene rings is 1. The van der Waals surface area contributed by atoms with Gasteiger partial charge in [-0.3, -0.25) is 0 Å². The van der Waals surface area contributed by atoms with E-state index in [1.807, 2.05) is 0 Å². The van der Waals surface area contributed by atoms with Crippen LogP contribution in [0.5, 0.6) is 0 Å². The third-order valence-corrected chi connectivity index (χ3v) is 3.26. The van der Waals surface area contributed by atoms with Crippen molar-refractivity contribution in [1.82, 2.24) is 0 Å². The lowest BCUT2D eigenvalue weighted by atomic mass is 9.93. The lowest BCUT2D eigenvalue weighted by Gasteiger charge is -2.15. The van der Waals surface area contributed by atoms with Crippen molar-refractivity contribution in [2.75, 3.05) is 13.1 Å². The predicted octanol–water partition coefficient (Wildman–Crippen LogP) is 0.460. The fourth-order valence-corrected chi connectivity index (χ4v) is 2.24. The Labute approximate surface area is 110 Å². The van der Waals surface area contributed by atoms with Gasteiger partial charge in [0.2, 0.25) is 0 Å². The topological polar surface area (TPSA) is 104 Å². The standard InChI is InChI=1S/C14H26N4/c15-3-1-2-11(8-16)4-12-5-13(9-17)7-14(6-12)10-18/h5-7,11H,1-4,8-10,15-18H2. The molecule has 18 heavy (non-hydrogen) atoms. The van der Waals surface area contributed by atoms with E-state index in [4.69, 9.17) is 22.9 Å². The van der Waals surface area contributed by atoms with E-state index in [2.05, 4.69) is 18.2 Å². The van der Waals surface area contributed by atoms with Crippen molar-refractivity contribution >= 4 is 0 Å². The fourth-order valence-electron chi connectivity index (χ4n) is 2.24. The summed E-state index contributed by atoms with van der Waals surface area (Å²) in [7, 11) is 0. The first-order chi connectivity index (χ1) is 8.73. The monoisotopic (exact) mass is 250 g/mol. The quantitative estimate of drug-likeness (QED) is 0.538. The maximum absolute atomic E-state index is 5.81. The molecule has 0 heterocycles. The van der Waals surface area contributed by atoms with Crippen LogP contribution in [0.3, 0.4) is 0 Å². The maximum Gasteiger partial charge on any atom is 0.0178 e. The van der Waals surface area contributed by atoms with Crippen LogP contribution in [0.25, 0.3) is 0 Å².